The van der Waals surface area contributed by atoms with E-state index >= 15 is 0 Å². The number of hydrogen-bond donors (Lipinski definition) is 1. The molecule has 1 aliphatic heterocycles. The second-order valence-corrected chi connectivity index (χ2v) is 6.18. The molecule has 3 nitrogen and oxygen atoms in total. The molecule has 0 aromatic heterocycles. The van der Waals surface area contributed by atoms with Crippen LogP contribution in [0.3, 0.4) is 0 Å². The normalized spacial score (nSPS) is 14.0. The van der Waals surface area contributed by atoms with Gasteiger partial charge in [-0.15, -0.1) is 12.4 Å². The van der Waals surface area contributed by atoms with Crippen molar-refractivity contribution in [3.8, 4) is 5.75 Å². The molecule has 0 amide bonds. The van der Waals surface area contributed by atoms with Crippen molar-refractivity contribution in [2.75, 3.05) is 24.6 Å². The fourth-order valence-electron chi connectivity index (χ4n) is 3.14. The van der Waals surface area contributed by atoms with E-state index in [4.69, 9.17) is 4.74 Å². The molecule has 1 aliphatic rings. The maximum absolute atomic E-state index is 10.3. The highest BCUT2D eigenvalue weighted by Crippen LogP contribution is 2.27. The van der Waals surface area contributed by atoms with E-state index in [1.54, 1.807) is 0 Å². The average molecular weight is 348 g/mol. The number of aryl methyl sites for hydroxylation is 1. The second-order valence-electron chi connectivity index (χ2n) is 6.18. The molecule has 1 heterocycles. The van der Waals surface area contributed by atoms with E-state index in [0.29, 0.717) is 13.2 Å². The van der Waals surface area contributed by atoms with Gasteiger partial charge in [-0.25, -0.2) is 0 Å². The molecule has 0 saturated carbocycles. The third-order valence-electron chi connectivity index (χ3n) is 4.32. The number of fused-ring (bicyclic) bond motifs is 1. The van der Waals surface area contributed by atoms with E-state index in [0.717, 1.165) is 31.6 Å². The van der Waals surface area contributed by atoms with Gasteiger partial charge in [-0.2, -0.15) is 0 Å². The summed E-state index contributed by atoms with van der Waals surface area (Å²) in [5.74, 6) is 0.825. The molecule has 0 radical (unpaired) electrons. The third-order valence-corrected chi connectivity index (χ3v) is 4.32. The number of aliphatic hydroxyl groups is 1. The lowest BCUT2D eigenvalue weighted by atomic mass is 10.1. The highest BCUT2D eigenvalue weighted by Gasteiger charge is 2.20. The second kappa shape index (κ2) is 8.95. The molecule has 24 heavy (non-hydrogen) atoms. The number of aliphatic hydroxyl groups excluding tert-OH is 1. The Hall–Kier alpha value is -1.71. The standard InChI is InChI=1S/C20H25NO2.ClH/c1-2-5-16-8-10-19(11-9-16)23-15-18(22)14-21-13-12-17-6-3-4-7-20(17)21;/h3-4,6-11,18,22H,2,5,12-15H2,1H3;1H. The van der Waals surface area contributed by atoms with Crippen LogP contribution >= 0.6 is 12.4 Å². The number of rotatable bonds is 7. The van der Waals surface area contributed by atoms with Crippen molar-refractivity contribution >= 4 is 18.1 Å². The van der Waals surface area contributed by atoms with Crippen molar-refractivity contribution in [2.45, 2.75) is 32.3 Å². The Morgan fingerprint density at radius 2 is 1.88 bits per heavy atom. The van der Waals surface area contributed by atoms with Gasteiger partial charge in [0.25, 0.3) is 0 Å². The van der Waals surface area contributed by atoms with Gasteiger partial charge in [0, 0.05) is 18.8 Å². The number of β-amino-alcohol motifs (C(OH)–C–C–N with tert-alkyl or cyclic N) is 1. The molecule has 4 heteroatoms. The molecule has 2 aromatic carbocycles. The maximum Gasteiger partial charge on any atom is 0.119 e. The maximum atomic E-state index is 10.3. The predicted molar refractivity (Wildman–Crippen MR) is 102 cm³/mol. The number of nitrogens with zero attached hydrogens (tertiary/aromatic N) is 1. The van der Waals surface area contributed by atoms with Crippen LogP contribution in [0.5, 0.6) is 5.75 Å². The lowest BCUT2D eigenvalue weighted by Gasteiger charge is -2.23. The number of para-hydroxylation sites is 1. The van der Waals surface area contributed by atoms with Crippen LogP contribution in [-0.2, 0) is 12.8 Å². The first-order valence-corrected chi connectivity index (χ1v) is 8.49. The van der Waals surface area contributed by atoms with E-state index < -0.39 is 6.10 Å². The van der Waals surface area contributed by atoms with Crippen molar-refractivity contribution < 1.29 is 9.84 Å². The zero-order chi connectivity index (χ0) is 16.1. The van der Waals surface area contributed by atoms with Crippen molar-refractivity contribution in [2.24, 2.45) is 0 Å². The predicted octanol–water partition coefficient (Wildman–Crippen LogP) is 3.86. The van der Waals surface area contributed by atoms with Crippen LogP contribution in [0.2, 0.25) is 0 Å². The van der Waals surface area contributed by atoms with Gasteiger partial charge in [-0.3, -0.25) is 0 Å². The van der Waals surface area contributed by atoms with Crippen LogP contribution in [0.4, 0.5) is 5.69 Å². The van der Waals surface area contributed by atoms with Crippen molar-refractivity contribution in [1.29, 1.82) is 0 Å². The first-order chi connectivity index (χ1) is 11.3. The molecule has 0 bridgehead atoms. The Balaban J connectivity index is 0.00000208. The van der Waals surface area contributed by atoms with Gasteiger partial charge in [0.2, 0.25) is 0 Å². The number of hydrogen-bond acceptors (Lipinski definition) is 3. The summed E-state index contributed by atoms with van der Waals surface area (Å²) in [7, 11) is 0. The summed E-state index contributed by atoms with van der Waals surface area (Å²) < 4.78 is 5.72. The number of ether oxygens (including phenoxy) is 1. The summed E-state index contributed by atoms with van der Waals surface area (Å²) in [4.78, 5) is 2.24. The molecule has 3 rings (SSSR count). The first-order valence-electron chi connectivity index (χ1n) is 8.49. The van der Waals surface area contributed by atoms with Gasteiger partial charge < -0.3 is 14.7 Å². The quantitative estimate of drug-likeness (QED) is 0.825. The Morgan fingerprint density at radius 1 is 1.12 bits per heavy atom. The third kappa shape index (κ3) is 4.65. The fraction of sp³-hybridized carbons (Fsp3) is 0.400. The van der Waals surface area contributed by atoms with Crippen molar-refractivity contribution in [3.63, 3.8) is 0 Å². The van der Waals surface area contributed by atoms with Crippen LogP contribution < -0.4 is 9.64 Å². The van der Waals surface area contributed by atoms with Gasteiger partial charge in [0.05, 0.1) is 0 Å². The van der Waals surface area contributed by atoms with Gasteiger partial charge in [-0.1, -0.05) is 43.7 Å². The van der Waals surface area contributed by atoms with Gasteiger partial charge >= 0.3 is 0 Å². The Labute approximate surface area is 150 Å². The molecule has 2 aromatic rings. The van der Waals surface area contributed by atoms with Crippen LogP contribution in [-0.4, -0.2) is 30.9 Å². The van der Waals surface area contributed by atoms with E-state index in [-0.39, 0.29) is 12.4 Å². The van der Waals surface area contributed by atoms with Crippen molar-refractivity contribution in [3.05, 3.63) is 59.7 Å². The fourth-order valence-corrected chi connectivity index (χ4v) is 3.14. The number of anilines is 1. The van der Waals surface area contributed by atoms with Crippen LogP contribution in [0, 0.1) is 0 Å². The summed E-state index contributed by atoms with van der Waals surface area (Å²) >= 11 is 0. The van der Waals surface area contributed by atoms with E-state index in [1.807, 2.05) is 12.1 Å². The molecule has 1 unspecified atom stereocenters. The van der Waals surface area contributed by atoms with Crippen molar-refractivity contribution in [1.82, 2.24) is 0 Å². The lowest BCUT2D eigenvalue weighted by Crippen LogP contribution is -2.34. The van der Waals surface area contributed by atoms with E-state index in [9.17, 15) is 5.11 Å². The highest BCUT2D eigenvalue weighted by molar-refractivity contribution is 5.85. The Kier molecular flexibility index (Phi) is 6.95. The van der Waals surface area contributed by atoms with Gasteiger partial charge in [0.15, 0.2) is 0 Å². The van der Waals surface area contributed by atoms with Gasteiger partial charge in [0.1, 0.15) is 18.5 Å². The first kappa shape index (κ1) is 18.6. The van der Waals surface area contributed by atoms with Crippen LogP contribution in [0.25, 0.3) is 0 Å². The summed E-state index contributed by atoms with van der Waals surface area (Å²) in [6.07, 6.45) is 2.81. The molecule has 1 atom stereocenters. The lowest BCUT2D eigenvalue weighted by molar-refractivity contribution is 0.112. The largest absolute Gasteiger partial charge is 0.491 e. The molecular weight excluding hydrogens is 322 g/mol. The van der Waals surface area contributed by atoms with Gasteiger partial charge in [-0.05, 0) is 42.2 Å². The summed E-state index contributed by atoms with van der Waals surface area (Å²) in [6.45, 7) is 4.09. The highest BCUT2D eigenvalue weighted by atomic mass is 35.5. The number of benzene rings is 2. The zero-order valence-corrected chi connectivity index (χ0v) is 15.0. The Bertz CT molecular complexity index is 630. The molecule has 130 valence electrons. The molecule has 0 aliphatic carbocycles. The SMILES string of the molecule is CCCc1ccc(OCC(O)CN2CCc3ccccc32)cc1.Cl. The van der Waals surface area contributed by atoms with Crippen LogP contribution in [0.15, 0.2) is 48.5 Å². The smallest absolute Gasteiger partial charge is 0.119 e. The number of halogens is 1. The summed E-state index contributed by atoms with van der Waals surface area (Å²) in [6, 6.07) is 16.6. The monoisotopic (exact) mass is 347 g/mol. The minimum absolute atomic E-state index is 0. The zero-order valence-electron chi connectivity index (χ0n) is 14.1. The molecule has 0 spiro atoms. The Morgan fingerprint density at radius 3 is 2.62 bits per heavy atom. The minimum atomic E-state index is -0.489. The van der Waals surface area contributed by atoms with E-state index in [2.05, 4.69) is 48.2 Å². The molecular formula is C20H26ClNO2. The molecule has 0 fully saturated rings. The topological polar surface area (TPSA) is 32.7 Å². The summed E-state index contributed by atoms with van der Waals surface area (Å²) in [5.41, 5.74) is 3.94. The van der Waals surface area contributed by atoms with Crippen LogP contribution in [0.1, 0.15) is 24.5 Å². The molecule has 1 N–H and O–H groups in total. The molecule has 0 saturated heterocycles. The van der Waals surface area contributed by atoms with E-state index in [1.165, 1.54) is 16.8 Å². The minimum Gasteiger partial charge on any atom is -0.491 e. The average Bonchev–Trinajstić information content (AvgIpc) is 2.98. The summed E-state index contributed by atoms with van der Waals surface area (Å²) in [5, 5.41) is 10.3.